The monoisotopic (exact) mass is 452 g/mol. The number of allylic oxidation sites excluding steroid dienone is 6. The molecule has 3 unspecified atom stereocenters. The molecule has 1 saturated carbocycles. The number of halogens is 3. The van der Waals surface area contributed by atoms with Gasteiger partial charge in [-0.2, -0.15) is 14.0 Å². The van der Waals surface area contributed by atoms with Gasteiger partial charge in [0.1, 0.15) is 17.8 Å². The summed E-state index contributed by atoms with van der Waals surface area (Å²) in [5.41, 5.74) is 9.30. The number of aliphatic imine (C=N–C) groups is 2. The fourth-order valence-electron chi connectivity index (χ4n) is 5.67. The van der Waals surface area contributed by atoms with E-state index < -0.39 is 24.2 Å². The standard InChI is InChI=1S/C25H23F3N4O/c1-14-22(30)32-25(31-14)13-24(5-4-21(25)33-23(27)28)10-17-3-2-16(8-19(17)11-24)18-6-15(12-29)7-20(26)9-18/h2-3,6-7,9,11,21,23H,4-5,8,10,13H2,1H3,(H2,30,32). The highest BCUT2D eigenvalue weighted by molar-refractivity contribution is 6.41. The molecule has 5 rings (SSSR count). The molecule has 2 N–H and O–H groups in total. The van der Waals surface area contributed by atoms with Gasteiger partial charge in [-0.1, -0.05) is 18.2 Å². The first kappa shape index (κ1) is 21.7. The van der Waals surface area contributed by atoms with E-state index in [1.54, 1.807) is 13.0 Å². The molecule has 3 atom stereocenters. The Bertz CT molecular complexity index is 1200. The highest BCUT2D eigenvalue weighted by Crippen LogP contribution is 2.56. The van der Waals surface area contributed by atoms with Gasteiger partial charge in [-0.25, -0.2) is 9.38 Å². The molecule has 33 heavy (non-hydrogen) atoms. The fourth-order valence-corrected chi connectivity index (χ4v) is 5.67. The van der Waals surface area contributed by atoms with E-state index in [9.17, 15) is 13.2 Å². The molecule has 0 aromatic heterocycles. The predicted molar refractivity (Wildman–Crippen MR) is 119 cm³/mol. The zero-order valence-corrected chi connectivity index (χ0v) is 18.1. The van der Waals surface area contributed by atoms with E-state index >= 15 is 0 Å². The summed E-state index contributed by atoms with van der Waals surface area (Å²) in [5, 5.41) is 9.17. The van der Waals surface area contributed by atoms with Crippen LogP contribution in [0.25, 0.3) is 5.57 Å². The topological polar surface area (TPSA) is 83.8 Å². The van der Waals surface area contributed by atoms with Crippen LogP contribution in [-0.4, -0.2) is 29.9 Å². The molecule has 0 saturated heterocycles. The van der Waals surface area contributed by atoms with Crippen molar-refractivity contribution in [3.63, 3.8) is 0 Å². The number of rotatable bonds is 3. The van der Waals surface area contributed by atoms with Crippen LogP contribution in [0.5, 0.6) is 0 Å². The Morgan fingerprint density at radius 1 is 1.18 bits per heavy atom. The van der Waals surface area contributed by atoms with Crippen molar-refractivity contribution in [2.24, 2.45) is 21.1 Å². The average Bonchev–Trinajstić information content (AvgIpc) is 3.25. The van der Waals surface area contributed by atoms with Gasteiger partial charge in [0.2, 0.25) is 0 Å². The number of nitriles is 1. The summed E-state index contributed by atoms with van der Waals surface area (Å²) < 4.78 is 45.2. The second kappa shape index (κ2) is 7.70. The van der Waals surface area contributed by atoms with Crippen LogP contribution < -0.4 is 5.73 Å². The van der Waals surface area contributed by atoms with Gasteiger partial charge < -0.3 is 10.5 Å². The SMILES string of the molecule is CC1=NC2(CC3(C=C4CC(c5cc(F)cc(C#N)c5)=CC=C4C3)CCC2OC(F)F)N=C1N. The van der Waals surface area contributed by atoms with Crippen LogP contribution >= 0.6 is 0 Å². The van der Waals surface area contributed by atoms with Crippen LogP contribution in [0, 0.1) is 22.6 Å². The fraction of sp³-hybridized carbons (Fsp3) is 0.400. The van der Waals surface area contributed by atoms with Gasteiger partial charge in [0.15, 0.2) is 5.66 Å². The summed E-state index contributed by atoms with van der Waals surface area (Å²) >= 11 is 0. The molecule has 0 bridgehead atoms. The normalized spacial score (nSPS) is 30.5. The number of amidine groups is 1. The third-order valence-electron chi connectivity index (χ3n) is 7.05. The van der Waals surface area contributed by atoms with Crippen LogP contribution in [0.1, 0.15) is 50.2 Å². The van der Waals surface area contributed by atoms with E-state index in [2.05, 4.69) is 16.1 Å². The number of hydrogen-bond acceptors (Lipinski definition) is 5. The zero-order chi connectivity index (χ0) is 23.4. The molecule has 1 aromatic carbocycles. The molecule has 4 aliphatic rings. The van der Waals surface area contributed by atoms with E-state index in [-0.39, 0.29) is 16.8 Å². The Labute approximate surface area is 189 Å². The van der Waals surface area contributed by atoms with Crippen molar-refractivity contribution in [3.05, 3.63) is 64.5 Å². The van der Waals surface area contributed by atoms with Crippen molar-refractivity contribution in [2.75, 3.05) is 0 Å². The summed E-state index contributed by atoms with van der Waals surface area (Å²) in [6.45, 7) is -1.17. The van der Waals surface area contributed by atoms with Crippen molar-refractivity contribution in [2.45, 2.75) is 57.4 Å². The first-order valence-electron chi connectivity index (χ1n) is 10.9. The van der Waals surface area contributed by atoms with Gasteiger partial charge in [-0.05, 0) is 78.5 Å². The molecule has 1 fully saturated rings. The minimum absolute atomic E-state index is 0.264. The van der Waals surface area contributed by atoms with E-state index in [1.165, 1.54) is 17.7 Å². The molecule has 0 amide bonds. The van der Waals surface area contributed by atoms with Crippen LogP contribution in [0.3, 0.4) is 0 Å². The Hall–Kier alpha value is -3.18. The van der Waals surface area contributed by atoms with Gasteiger partial charge in [0, 0.05) is 6.42 Å². The Morgan fingerprint density at radius 3 is 2.67 bits per heavy atom. The number of hydrogen-bond donors (Lipinski definition) is 1. The van der Waals surface area contributed by atoms with Crippen molar-refractivity contribution < 1.29 is 17.9 Å². The second-order valence-electron chi connectivity index (χ2n) is 9.28. The van der Waals surface area contributed by atoms with Crippen molar-refractivity contribution >= 4 is 17.1 Å². The van der Waals surface area contributed by atoms with Crippen molar-refractivity contribution in [1.82, 2.24) is 0 Å². The highest BCUT2D eigenvalue weighted by Gasteiger charge is 2.55. The van der Waals surface area contributed by atoms with Crippen LogP contribution in [0.2, 0.25) is 0 Å². The van der Waals surface area contributed by atoms with Gasteiger partial charge in [-0.3, -0.25) is 4.99 Å². The Balaban J connectivity index is 1.44. The van der Waals surface area contributed by atoms with E-state index in [1.807, 2.05) is 18.2 Å². The molecule has 1 aliphatic heterocycles. The third-order valence-corrected chi connectivity index (χ3v) is 7.05. The van der Waals surface area contributed by atoms with Gasteiger partial charge in [-0.15, -0.1) is 0 Å². The van der Waals surface area contributed by atoms with E-state index in [4.69, 9.17) is 15.7 Å². The Morgan fingerprint density at radius 2 is 1.97 bits per heavy atom. The van der Waals surface area contributed by atoms with Crippen molar-refractivity contribution in [1.29, 1.82) is 5.26 Å². The van der Waals surface area contributed by atoms with E-state index in [0.717, 1.165) is 17.6 Å². The Kier molecular flexibility index (Phi) is 5.05. The number of nitrogens with two attached hydrogens (primary N) is 1. The first-order valence-corrected chi connectivity index (χ1v) is 10.9. The van der Waals surface area contributed by atoms with Gasteiger partial charge in [0.25, 0.3) is 0 Å². The zero-order valence-electron chi connectivity index (χ0n) is 18.1. The minimum Gasteiger partial charge on any atom is -0.382 e. The summed E-state index contributed by atoms with van der Waals surface area (Å²) in [6, 6.07) is 6.34. The van der Waals surface area contributed by atoms with Gasteiger partial charge in [0.05, 0.1) is 17.3 Å². The molecule has 2 spiro atoms. The molecule has 3 aliphatic carbocycles. The molecule has 5 nitrogen and oxygen atoms in total. The lowest BCUT2D eigenvalue weighted by Crippen LogP contribution is -2.49. The summed E-state index contributed by atoms with van der Waals surface area (Å²) in [6.07, 6.45) is 8.25. The molecule has 170 valence electrons. The second-order valence-corrected chi connectivity index (χ2v) is 9.28. The summed E-state index contributed by atoms with van der Waals surface area (Å²) in [5.74, 6) is -0.179. The lowest BCUT2D eigenvalue weighted by molar-refractivity contribution is -0.191. The summed E-state index contributed by atoms with van der Waals surface area (Å²) in [4.78, 5) is 9.14. The van der Waals surface area contributed by atoms with E-state index in [0.29, 0.717) is 37.0 Å². The molecular weight excluding hydrogens is 429 g/mol. The predicted octanol–water partition coefficient (Wildman–Crippen LogP) is 5.05. The molecule has 0 radical (unpaired) electrons. The van der Waals surface area contributed by atoms with Crippen LogP contribution in [0.4, 0.5) is 13.2 Å². The maximum atomic E-state index is 14.0. The first-order chi connectivity index (χ1) is 15.7. The molecule has 8 heteroatoms. The number of nitrogens with zero attached hydrogens (tertiary/aromatic N) is 3. The number of fused-ring (bicyclic) bond motifs is 1. The minimum atomic E-state index is -2.91. The maximum Gasteiger partial charge on any atom is 0.345 e. The molecule has 1 heterocycles. The average molecular weight is 452 g/mol. The molecule has 1 aromatic rings. The van der Waals surface area contributed by atoms with Crippen LogP contribution in [0.15, 0.2) is 57.6 Å². The summed E-state index contributed by atoms with van der Waals surface area (Å²) in [7, 11) is 0. The largest absolute Gasteiger partial charge is 0.382 e. The quantitative estimate of drug-likeness (QED) is 0.697. The maximum absolute atomic E-state index is 14.0. The van der Waals surface area contributed by atoms with Crippen LogP contribution in [-0.2, 0) is 4.74 Å². The number of benzene rings is 1. The molecular formula is C25H23F3N4O. The third kappa shape index (κ3) is 3.80. The smallest absolute Gasteiger partial charge is 0.345 e. The van der Waals surface area contributed by atoms with Crippen molar-refractivity contribution in [3.8, 4) is 6.07 Å². The number of ether oxygens (including phenoxy) is 1. The lowest BCUT2D eigenvalue weighted by atomic mass is 9.67. The lowest BCUT2D eigenvalue weighted by Gasteiger charge is -2.44. The van der Waals surface area contributed by atoms with Gasteiger partial charge >= 0.3 is 6.61 Å². The highest BCUT2D eigenvalue weighted by atomic mass is 19.3. The number of alkyl halides is 2.